The summed E-state index contributed by atoms with van der Waals surface area (Å²) in [5.41, 5.74) is 0. The normalized spacial score (nSPS) is 21.2. The first-order valence-electron chi connectivity index (χ1n) is 5.94. The zero-order valence-electron chi connectivity index (χ0n) is 10.1. The van der Waals surface area contributed by atoms with Gasteiger partial charge in [0.1, 0.15) is 11.6 Å². The standard InChI is InChI=1S/C11H20N4O/c1-9-13-14-11(15(9)2)8-12-7-10-5-3-4-6-16-10/h10,12H,3-8H2,1-2H3. The Morgan fingerprint density at radius 2 is 2.31 bits per heavy atom. The molecule has 0 radical (unpaired) electrons. The zero-order chi connectivity index (χ0) is 11.4. The van der Waals surface area contributed by atoms with Crippen molar-refractivity contribution in [3.8, 4) is 0 Å². The molecule has 0 bridgehead atoms. The summed E-state index contributed by atoms with van der Waals surface area (Å²) in [5.74, 6) is 1.93. The molecule has 90 valence electrons. The largest absolute Gasteiger partial charge is 0.377 e. The van der Waals surface area contributed by atoms with Crippen LogP contribution in [0, 0.1) is 6.92 Å². The number of hydrogen-bond acceptors (Lipinski definition) is 4. The second kappa shape index (κ2) is 5.41. The SMILES string of the molecule is Cc1nnc(CNCC2CCCCO2)n1C. The molecule has 0 amide bonds. The molecule has 1 fully saturated rings. The van der Waals surface area contributed by atoms with Crippen LogP contribution in [-0.2, 0) is 18.3 Å². The van der Waals surface area contributed by atoms with Crippen molar-refractivity contribution in [1.82, 2.24) is 20.1 Å². The molecule has 0 saturated carbocycles. The van der Waals surface area contributed by atoms with Crippen LogP contribution in [0.3, 0.4) is 0 Å². The molecule has 5 heteroatoms. The van der Waals surface area contributed by atoms with E-state index in [-0.39, 0.29) is 0 Å². The fourth-order valence-electron chi connectivity index (χ4n) is 1.92. The average molecular weight is 224 g/mol. The minimum atomic E-state index is 0.378. The molecular weight excluding hydrogens is 204 g/mol. The quantitative estimate of drug-likeness (QED) is 0.821. The van der Waals surface area contributed by atoms with Crippen LogP contribution in [0.25, 0.3) is 0 Å². The Morgan fingerprint density at radius 3 is 2.94 bits per heavy atom. The monoisotopic (exact) mass is 224 g/mol. The van der Waals surface area contributed by atoms with Gasteiger partial charge in [-0.2, -0.15) is 0 Å². The summed E-state index contributed by atoms with van der Waals surface area (Å²) in [6.45, 7) is 4.54. The molecule has 1 aromatic heterocycles. The molecule has 0 aromatic carbocycles. The lowest BCUT2D eigenvalue weighted by molar-refractivity contribution is 0.0166. The van der Waals surface area contributed by atoms with Crippen molar-refractivity contribution >= 4 is 0 Å². The molecule has 1 aromatic rings. The highest BCUT2D eigenvalue weighted by atomic mass is 16.5. The summed E-state index contributed by atoms with van der Waals surface area (Å²) < 4.78 is 7.65. The molecular formula is C11H20N4O. The predicted molar refractivity (Wildman–Crippen MR) is 61.0 cm³/mol. The maximum absolute atomic E-state index is 5.65. The van der Waals surface area contributed by atoms with Gasteiger partial charge in [-0.25, -0.2) is 0 Å². The van der Waals surface area contributed by atoms with Gasteiger partial charge in [0, 0.05) is 20.2 Å². The van der Waals surface area contributed by atoms with Crippen LogP contribution in [0.15, 0.2) is 0 Å². The van der Waals surface area contributed by atoms with Gasteiger partial charge in [-0.3, -0.25) is 0 Å². The number of ether oxygens (including phenoxy) is 1. The Kier molecular flexibility index (Phi) is 3.90. The Balaban J connectivity index is 1.73. The molecule has 2 rings (SSSR count). The van der Waals surface area contributed by atoms with Crippen LogP contribution in [0.5, 0.6) is 0 Å². The van der Waals surface area contributed by atoms with Crippen molar-refractivity contribution in [3.05, 3.63) is 11.6 Å². The highest BCUT2D eigenvalue weighted by molar-refractivity contribution is 4.91. The highest BCUT2D eigenvalue weighted by Gasteiger charge is 2.13. The van der Waals surface area contributed by atoms with E-state index in [1.807, 2.05) is 18.5 Å². The topological polar surface area (TPSA) is 52.0 Å². The number of hydrogen-bond donors (Lipinski definition) is 1. The van der Waals surface area contributed by atoms with Crippen LogP contribution in [0.1, 0.15) is 30.9 Å². The van der Waals surface area contributed by atoms with Crippen molar-refractivity contribution in [2.75, 3.05) is 13.2 Å². The van der Waals surface area contributed by atoms with Crippen LogP contribution in [0.2, 0.25) is 0 Å². The van der Waals surface area contributed by atoms with Gasteiger partial charge in [0.15, 0.2) is 0 Å². The summed E-state index contributed by atoms with van der Waals surface area (Å²) >= 11 is 0. The van der Waals surface area contributed by atoms with E-state index in [1.54, 1.807) is 0 Å². The number of rotatable bonds is 4. The van der Waals surface area contributed by atoms with Gasteiger partial charge in [0.25, 0.3) is 0 Å². The third kappa shape index (κ3) is 2.80. The van der Waals surface area contributed by atoms with Gasteiger partial charge in [0.05, 0.1) is 12.6 Å². The summed E-state index contributed by atoms with van der Waals surface area (Å²) in [6, 6.07) is 0. The molecule has 0 spiro atoms. The van der Waals surface area contributed by atoms with E-state index in [2.05, 4.69) is 15.5 Å². The van der Waals surface area contributed by atoms with E-state index in [4.69, 9.17) is 4.74 Å². The first-order chi connectivity index (χ1) is 7.77. The van der Waals surface area contributed by atoms with Gasteiger partial charge in [0.2, 0.25) is 0 Å². The van der Waals surface area contributed by atoms with Gasteiger partial charge < -0.3 is 14.6 Å². The van der Waals surface area contributed by atoms with Crippen molar-refractivity contribution < 1.29 is 4.74 Å². The molecule has 1 unspecified atom stereocenters. The minimum absolute atomic E-state index is 0.378. The van der Waals surface area contributed by atoms with E-state index in [0.717, 1.165) is 31.3 Å². The van der Waals surface area contributed by atoms with E-state index in [1.165, 1.54) is 19.3 Å². The fraction of sp³-hybridized carbons (Fsp3) is 0.818. The van der Waals surface area contributed by atoms with Crippen molar-refractivity contribution in [2.24, 2.45) is 7.05 Å². The number of nitrogens with zero attached hydrogens (tertiary/aromatic N) is 3. The lowest BCUT2D eigenvalue weighted by atomic mass is 10.1. The zero-order valence-corrected chi connectivity index (χ0v) is 10.1. The minimum Gasteiger partial charge on any atom is -0.377 e. The van der Waals surface area contributed by atoms with Crippen LogP contribution in [0.4, 0.5) is 0 Å². The lowest BCUT2D eigenvalue weighted by Crippen LogP contribution is -2.32. The molecule has 5 nitrogen and oxygen atoms in total. The van der Waals surface area contributed by atoms with Crippen molar-refractivity contribution in [2.45, 2.75) is 38.8 Å². The summed E-state index contributed by atoms with van der Waals surface area (Å²) in [4.78, 5) is 0. The van der Waals surface area contributed by atoms with Gasteiger partial charge in [-0.05, 0) is 26.2 Å². The summed E-state index contributed by atoms with van der Waals surface area (Å²) in [5, 5.41) is 11.5. The Morgan fingerprint density at radius 1 is 1.44 bits per heavy atom. The summed E-state index contributed by atoms with van der Waals surface area (Å²) in [6.07, 6.45) is 4.04. The molecule has 2 heterocycles. The van der Waals surface area contributed by atoms with E-state index < -0.39 is 0 Å². The van der Waals surface area contributed by atoms with Crippen molar-refractivity contribution in [3.63, 3.8) is 0 Å². The third-order valence-corrected chi connectivity index (χ3v) is 3.11. The number of nitrogens with one attached hydrogen (secondary N) is 1. The third-order valence-electron chi connectivity index (χ3n) is 3.11. The maximum atomic E-state index is 5.65. The number of aromatic nitrogens is 3. The predicted octanol–water partition coefficient (Wildman–Crippen LogP) is 0.782. The Labute approximate surface area is 96.2 Å². The van der Waals surface area contributed by atoms with Crippen LogP contribution >= 0.6 is 0 Å². The Hall–Kier alpha value is -0.940. The van der Waals surface area contributed by atoms with Crippen LogP contribution in [-0.4, -0.2) is 34.0 Å². The van der Waals surface area contributed by atoms with E-state index in [0.29, 0.717) is 6.10 Å². The highest BCUT2D eigenvalue weighted by Crippen LogP contribution is 2.11. The molecule has 1 N–H and O–H groups in total. The smallest absolute Gasteiger partial charge is 0.146 e. The molecule has 1 atom stereocenters. The molecule has 0 aliphatic carbocycles. The molecule has 1 saturated heterocycles. The summed E-state index contributed by atoms with van der Waals surface area (Å²) in [7, 11) is 1.99. The Bertz CT molecular complexity index is 331. The van der Waals surface area contributed by atoms with E-state index in [9.17, 15) is 0 Å². The van der Waals surface area contributed by atoms with Crippen LogP contribution < -0.4 is 5.32 Å². The fourth-order valence-corrected chi connectivity index (χ4v) is 1.92. The number of aryl methyl sites for hydroxylation is 1. The van der Waals surface area contributed by atoms with Gasteiger partial charge >= 0.3 is 0 Å². The first kappa shape index (κ1) is 11.5. The first-order valence-corrected chi connectivity index (χ1v) is 5.94. The molecule has 1 aliphatic heterocycles. The second-order valence-electron chi connectivity index (χ2n) is 4.34. The van der Waals surface area contributed by atoms with Gasteiger partial charge in [-0.1, -0.05) is 0 Å². The van der Waals surface area contributed by atoms with Crippen molar-refractivity contribution in [1.29, 1.82) is 0 Å². The average Bonchev–Trinajstić information content (AvgIpc) is 2.62. The van der Waals surface area contributed by atoms with E-state index >= 15 is 0 Å². The molecule has 16 heavy (non-hydrogen) atoms. The second-order valence-corrected chi connectivity index (χ2v) is 4.34. The maximum Gasteiger partial charge on any atom is 0.146 e. The lowest BCUT2D eigenvalue weighted by Gasteiger charge is -2.22. The molecule has 1 aliphatic rings. The van der Waals surface area contributed by atoms with Gasteiger partial charge in [-0.15, -0.1) is 10.2 Å².